The number of nitriles is 1. The van der Waals surface area contributed by atoms with Crippen LogP contribution in [0.3, 0.4) is 0 Å². The molecule has 0 atom stereocenters. The first-order valence-electron chi connectivity index (χ1n) is 5.49. The minimum atomic E-state index is 0.371. The molecule has 0 aliphatic rings. The van der Waals surface area contributed by atoms with Crippen molar-refractivity contribution >= 4 is 6.29 Å². The van der Waals surface area contributed by atoms with Crippen molar-refractivity contribution in [2.75, 3.05) is 0 Å². The molecule has 0 saturated carbocycles. The molecule has 0 spiro atoms. The maximum Gasteiger partial charge on any atom is 0.150 e. The molecule has 3 nitrogen and oxygen atoms in total. The summed E-state index contributed by atoms with van der Waals surface area (Å²) >= 11 is 0. The van der Waals surface area contributed by atoms with E-state index >= 15 is 0 Å². The van der Waals surface area contributed by atoms with Crippen LogP contribution in [0, 0.1) is 11.3 Å². The molecule has 0 saturated heterocycles. The SMILES string of the molecule is N#Cc1cc(C=O)ccc1OCc1ccccc1. The number of hydrogen-bond donors (Lipinski definition) is 0. The Morgan fingerprint density at radius 1 is 1.17 bits per heavy atom. The number of aldehydes is 1. The van der Waals surface area contributed by atoms with Crippen molar-refractivity contribution < 1.29 is 9.53 Å². The average molecular weight is 237 g/mol. The summed E-state index contributed by atoms with van der Waals surface area (Å²) in [6.45, 7) is 0.399. The molecule has 2 aromatic rings. The first-order valence-corrected chi connectivity index (χ1v) is 5.49. The Hall–Kier alpha value is -2.60. The lowest BCUT2D eigenvalue weighted by atomic mass is 10.1. The third kappa shape index (κ3) is 2.74. The molecular formula is C15H11NO2. The number of nitrogens with zero attached hydrogens (tertiary/aromatic N) is 1. The van der Waals surface area contributed by atoms with E-state index in [2.05, 4.69) is 0 Å². The summed E-state index contributed by atoms with van der Waals surface area (Å²) in [6.07, 6.45) is 0.710. The van der Waals surface area contributed by atoms with Crippen LogP contribution in [0.15, 0.2) is 48.5 Å². The van der Waals surface area contributed by atoms with E-state index in [0.29, 0.717) is 29.8 Å². The van der Waals surface area contributed by atoms with Crippen LogP contribution in [0.2, 0.25) is 0 Å². The van der Waals surface area contributed by atoms with E-state index in [4.69, 9.17) is 10.00 Å². The van der Waals surface area contributed by atoms with Crippen molar-refractivity contribution in [3.8, 4) is 11.8 Å². The molecule has 0 heterocycles. The molecule has 2 rings (SSSR count). The Bertz CT molecular complexity index is 585. The van der Waals surface area contributed by atoms with Crippen LogP contribution >= 0.6 is 0 Å². The molecule has 0 aliphatic heterocycles. The highest BCUT2D eigenvalue weighted by Crippen LogP contribution is 2.20. The largest absolute Gasteiger partial charge is 0.488 e. The van der Waals surface area contributed by atoms with Crippen molar-refractivity contribution in [2.24, 2.45) is 0 Å². The lowest BCUT2D eigenvalue weighted by Crippen LogP contribution is -1.97. The van der Waals surface area contributed by atoms with Gasteiger partial charge in [-0.2, -0.15) is 5.26 Å². The van der Waals surface area contributed by atoms with E-state index in [9.17, 15) is 4.79 Å². The van der Waals surface area contributed by atoms with Gasteiger partial charge in [-0.25, -0.2) is 0 Å². The first-order chi connectivity index (χ1) is 8.83. The smallest absolute Gasteiger partial charge is 0.150 e. The molecule has 0 N–H and O–H groups in total. The van der Waals surface area contributed by atoms with Crippen LogP contribution in [-0.2, 0) is 6.61 Å². The van der Waals surface area contributed by atoms with Gasteiger partial charge in [-0.3, -0.25) is 4.79 Å². The number of benzene rings is 2. The second-order valence-corrected chi connectivity index (χ2v) is 3.76. The van der Waals surface area contributed by atoms with Crippen LogP contribution < -0.4 is 4.74 Å². The molecule has 0 unspecified atom stereocenters. The molecule has 0 aliphatic carbocycles. The maximum absolute atomic E-state index is 10.6. The van der Waals surface area contributed by atoms with Gasteiger partial charge >= 0.3 is 0 Å². The minimum Gasteiger partial charge on any atom is -0.488 e. The molecular weight excluding hydrogens is 226 g/mol. The van der Waals surface area contributed by atoms with Gasteiger partial charge in [-0.1, -0.05) is 30.3 Å². The molecule has 0 radical (unpaired) electrons. The van der Waals surface area contributed by atoms with Crippen molar-refractivity contribution in [1.82, 2.24) is 0 Å². The summed E-state index contributed by atoms with van der Waals surface area (Å²) in [4.78, 5) is 10.6. The summed E-state index contributed by atoms with van der Waals surface area (Å²) in [5.41, 5.74) is 1.87. The van der Waals surface area contributed by atoms with E-state index < -0.39 is 0 Å². The summed E-state index contributed by atoms with van der Waals surface area (Å²) in [5.74, 6) is 0.493. The summed E-state index contributed by atoms with van der Waals surface area (Å²) < 4.78 is 5.58. The number of hydrogen-bond acceptors (Lipinski definition) is 3. The Morgan fingerprint density at radius 3 is 2.61 bits per heavy atom. The molecule has 0 fully saturated rings. The van der Waals surface area contributed by atoms with Crippen LogP contribution in [0.25, 0.3) is 0 Å². The van der Waals surface area contributed by atoms with Gasteiger partial charge in [0.15, 0.2) is 0 Å². The van der Waals surface area contributed by atoms with Crippen LogP contribution in [0.4, 0.5) is 0 Å². The maximum atomic E-state index is 10.6. The predicted octanol–water partition coefficient (Wildman–Crippen LogP) is 2.95. The fourth-order valence-corrected chi connectivity index (χ4v) is 1.57. The van der Waals surface area contributed by atoms with E-state index in [1.807, 2.05) is 36.4 Å². The Kier molecular flexibility index (Phi) is 3.72. The molecule has 0 aromatic heterocycles. The minimum absolute atomic E-state index is 0.371. The molecule has 0 bridgehead atoms. The van der Waals surface area contributed by atoms with Gasteiger partial charge in [0.05, 0.1) is 5.56 Å². The first kappa shape index (κ1) is 11.9. The zero-order chi connectivity index (χ0) is 12.8. The molecule has 3 heteroatoms. The predicted molar refractivity (Wildman–Crippen MR) is 67.3 cm³/mol. The van der Waals surface area contributed by atoms with Gasteiger partial charge in [0.25, 0.3) is 0 Å². The fourth-order valence-electron chi connectivity index (χ4n) is 1.57. The van der Waals surface area contributed by atoms with Crippen molar-refractivity contribution in [3.05, 3.63) is 65.2 Å². The summed E-state index contributed by atoms with van der Waals surface area (Å²) in [6, 6.07) is 16.5. The highest BCUT2D eigenvalue weighted by molar-refractivity contribution is 5.76. The van der Waals surface area contributed by atoms with Crippen molar-refractivity contribution in [1.29, 1.82) is 5.26 Å². The van der Waals surface area contributed by atoms with Crippen LogP contribution in [0.5, 0.6) is 5.75 Å². The van der Waals surface area contributed by atoms with Gasteiger partial charge in [0.2, 0.25) is 0 Å². The zero-order valence-electron chi connectivity index (χ0n) is 9.67. The standard InChI is InChI=1S/C15H11NO2/c16-9-14-8-13(10-17)6-7-15(14)18-11-12-4-2-1-3-5-12/h1-8,10H,11H2. The molecule has 88 valence electrons. The highest BCUT2D eigenvalue weighted by atomic mass is 16.5. The summed E-state index contributed by atoms with van der Waals surface area (Å²) in [5, 5.41) is 8.99. The zero-order valence-corrected chi connectivity index (χ0v) is 9.67. The second-order valence-electron chi connectivity index (χ2n) is 3.76. The third-order valence-corrected chi connectivity index (χ3v) is 2.50. The second kappa shape index (κ2) is 5.65. The third-order valence-electron chi connectivity index (χ3n) is 2.50. The van der Waals surface area contributed by atoms with Crippen LogP contribution in [0.1, 0.15) is 21.5 Å². The fraction of sp³-hybridized carbons (Fsp3) is 0.0667. The number of ether oxygens (including phenoxy) is 1. The quantitative estimate of drug-likeness (QED) is 0.768. The number of carbonyl (C=O) groups is 1. The average Bonchev–Trinajstić information content (AvgIpc) is 2.46. The summed E-state index contributed by atoms with van der Waals surface area (Å²) in [7, 11) is 0. The van der Waals surface area contributed by atoms with Gasteiger partial charge in [-0.05, 0) is 23.8 Å². The topological polar surface area (TPSA) is 50.1 Å². The van der Waals surface area contributed by atoms with Gasteiger partial charge in [0.1, 0.15) is 24.7 Å². The molecule has 18 heavy (non-hydrogen) atoms. The Labute approximate surface area is 105 Å². The monoisotopic (exact) mass is 237 g/mol. The number of rotatable bonds is 4. The number of carbonyl (C=O) groups excluding carboxylic acids is 1. The van der Waals surface area contributed by atoms with Crippen LogP contribution in [-0.4, -0.2) is 6.29 Å². The van der Waals surface area contributed by atoms with Gasteiger partial charge in [0, 0.05) is 5.56 Å². The van der Waals surface area contributed by atoms with E-state index in [0.717, 1.165) is 5.56 Å². The lowest BCUT2D eigenvalue weighted by molar-refractivity contribution is 0.112. The highest BCUT2D eigenvalue weighted by Gasteiger charge is 2.04. The Balaban J connectivity index is 2.15. The normalized spacial score (nSPS) is 9.50. The lowest BCUT2D eigenvalue weighted by Gasteiger charge is -2.08. The van der Waals surface area contributed by atoms with Gasteiger partial charge < -0.3 is 4.74 Å². The molecule has 0 amide bonds. The van der Waals surface area contributed by atoms with Gasteiger partial charge in [-0.15, -0.1) is 0 Å². The van der Waals surface area contributed by atoms with Crippen molar-refractivity contribution in [3.63, 3.8) is 0 Å². The van der Waals surface area contributed by atoms with E-state index in [1.54, 1.807) is 12.1 Å². The molecule has 2 aromatic carbocycles. The van der Waals surface area contributed by atoms with Crippen molar-refractivity contribution in [2.45, 2.75) is 6.61 Å². The van der Waals surface area contributed by atoms with E-state index in [1.165, 1.54) is 6.07 Å². The Morgan fingerprint density at radius 2 is 1.94 bits per heavy atom. The van der Waals surface area contributed by atoms with E-state index in [-0.39, 0.29) is 0 Å².